The Labute approximate surface area is 99.1 Å². The second-order valence-corrected chi connectivity index (χ2v) is 3.45. The van der Waals surface area contributed by atoms with Crippen molar-refractivity contribution in [2.24, 2.45) is 5.18 Å². The smallest absolute Gasteiger partial charge is 0.258 e. The van der Waals surface area contributed by atoms with Crippen LogP contribution in [0.4, 0.5) is 17.1 Å². The lowest BCUT2D eigenvalue weighted by molar-refractivity contribution is -0.393. The molecule has 0 amide bonds. The Hall–Kier alpha value is -2.90. The number of non-ortho nitro benzene ring substituents is 2. The highest BCUT2D eigenvalue weighted by Crippen LogP contribution is 2.36. The van der Waals surface area contributed by atoms with Crippen LogP contribution in [0.1, 0.15) is 0 Å². The van der Waals surface area contributed by atoms with Crippen molar-refractivity contribution in [1.82, 2.24) is 0 Å². The fourth-order valence-electron chi connectivity index (χ4n) is 1.70. The maximum atomic E-state index is 10.9. The molecule has 0 aromatic heterocycles. The molecule has 0 aliphatic carbocycles. The van der Waals surface area contributed by atoms with Crippen LogP contribution in [-0.2, 0) is 0 Å². The molecule has 0 saturated heterocycles. The Bertz CT molecular complexity index is 683. The third kappa shape index (κ3) is 1.75. The SMILES string of the molecule is O=Nc1cccc2cc([N+](=O)[O-])cc([N+](=O)[O-])c12. The van der Waals surface area contributed by atoms with E-state index in [2.05, 4.69) is 5.18 Å². The number of hydrogen-bond acceptors (Lipinski definition) is 6. The van der Waals surface area contributed by atoms with Gasteiger partial charge in [0.2, 0.25) is 0 Å². The molecule has 90 valence electrons. The van der Waals surface area contributed by atoms with E-state index >= 15 is 0 Å². The van der Waals surface area contributed by atoms with Crippen LogP contribution in [0.2, 0.25) is 0 Å². The van der Waals surface area contributed by atoms with Gasteiger partial charge < -0.3 is 0 Å². The number of fused-ring (bicyclic) bond motifs is 1. The minimum Gasteiger partial charge on any atom is -0.258 e. The Kier molecular flexibility index (Phi) is 2.68. The van der Waals surface area contributed by atoms with Gasteiger partial charge in [0.1, 0.15) is 5.69 Å². The molecule has 0 heterocycles. The predicted octanol–water partition coefficient (Wildman–Crippen LogP) is 3.05. The third-order valence-corrected chi connectivity index (χ3v) is 2.42. The number of benzene rings is 2. The summed E-state index contributed by atoms with van der Waals surface area (Å²) in [5, 5.41) is 24.5. The number of nitroso groups, excluding NO2 is 1. The van der Waals surface area contributed by atoms with Gasteiger partial charge in [-0.2, -0.15) is 0 Å². The van der Waals surface area contributed by atoms with Gasteiger partial charge in [0, 0.05) is 6.07 Å². The van der Waals surface area contributed by atoms with Crippen LogP contribution in [0.15, 0.2) is 35.5 Å². The Balaban J connectivity index is 2.94. The van der Waals surface area contributed by atoms with E-state index in [0.29, 0.717) is 0 Å². The fourth-order valence-corrected chi connectivity index (χ4v) is 1.70. The van der Waals surface area contributed by atoms with Crippen LogP contribution in [0, 0.1) is 25.1 Å². The molecule has 8 nitrogen and oxygen atoms in total. The molecular weight excluding hydrogens is 242 g/mol. The largest absolute Gasteiger partial charge is 0.286 e. The zero-order valence-electron chi connectivity index (χ0n) is 8.77. The van der Waals surface area contributed by atoms with Crippen LogP contribution < -0.4 is 0 Å². The second-order valence-electron chi connectivity index (χ2n) is 3.45. The van der Waals surface area contributed by atoms with E-state index < -0.39 is 21.2 Å². The van der Waals surface area contributed by atoms with Crippen LogP contribution in [0.3, 0.4) is 0 Å². The summed E-state index contributed by atoms with van der Waals surface area (Å²) >= 11 is 0. The zero-order chi connectivity index (χ0) is 13.3. The van der Waals surface area contributed by atoms with Gasteiger partial charge in [-0.1, -0.05) is 12.1 Å². The molecule has 0 radical (unpaired) electrons. The number of nitro benzene ring substituents is 2. The molecule has 8 heteroatoms. The van der Waals surface area contributed by atoms with E-state index in [9.17, 15) is 25.1 Å². The van der Waals surface area contributed by atoms with E-state index in [1.807, 2.05) is 0 Å². The molecule has 0 fully saturated rings. The lowest BCUT2D eigenvalue weighted by atomic mass is 10.1. The van der Waals surface area contributed by atoms with Crippen LogP contribution >= 0.6 is 0 Å². The van der Waals surface area contributed by atoms with Gasteiger partial charge >= 0.3 is 0 Å². The zero-order valence-corrected chi connectivity index (χ0v) is 8.77. The Morgan fingerprint density at radius 1 is 1.06 bits per heavy atom. The molecule has 0 aliphatic rings. The number of nitrogens with zero attached hydrogens (tertiary/aromatic N) is 3. The van der Waals surface area contributed by atoms with Crippen molar-refractivity contribution in [2.45, 2.75) is 0 Å². The molecular formula is C10H5N3O5. The molecule has 0 atom stereocenters. The Morgan fingerprint density at radius 3 is 2.33 bits per heavy atom. The van der Waals surface area contributed by atoms with Crippen LogP contribution in [0.5, 0.6) is 0 Å². The van der Waals surface area contributed by atoms with Crippen LogP contribution in [0.25, 0.3) is 10.8 Å². The normalized spacial score (nSPS) is 10.2. The highest BCUT2D eigenvalue weighted by atomic mass is 16.6. The summed E-state index contributed by atoms with van der Waals surface area (Å²) in [6, 6.07) is 6.19. The van der Waals surface area contributed by atoms with E-state index in [-0.39, 0.29) is 16.5 Å². The summed E-state index contributed by atoms with van der Waals surface area (Å²) in [5.74, 6) is 0. The summed E-state index contributed by atoms with van der Waals surface area (Å²) in [6.07, 6.45) is 0. The van der Waals surface area contributed by atoms with Gasteiger partial charge in [0.05, 0.1) is 21.3 Å². The monoisotopic (exact) mass is 247 g/mol. The van der Waals surface area contributed by atoms with Crippen molar-refractivity contribution in [3.05, 3.63) is 55.5 Å². The summed E-state index contributed by atoms with van der Waals surface area (Å²) in [5.41, 5.74) is -1.03. The molecule has 0 N–H and O–H groups in total. The van der Waals surface area contributed by atoms with Crippen LogP contribution in [-0.4, -0.2) is 9.85 Å². The van der Waals surface area contributed by atoms with Gasteiger partial charge in [0.25, 0.3) is 11.4 Å². The van der Waals surface area contributed by atoms with Crippen molar-refractivity contribution in [3.8, 4) is 0 Å². The van der Waals surface area contributed by atoms with E-state index in [1.165, 1.54) is 18.2 Å². The molecule has 2 aromatic carbocycles. The van der Waals surface area contributed by atoms with E-state index in [0.717, 1.165) is 12.1 Å². The third-order valence-electron chi connectivity index (χ3n) is 2.42. The average Bonchev–Trinajstić information content (AvgIpc) is 2.36. The summed E-state index contributed by atoms with van der Waals surface area (Å²) in [7, 11) is 0. The average molecular weight is 247 g/mol. The molecule has 0 saturated carbocycles. The highest BCUT2D eigenvalue weighted by molar-refractivity contribution is 6.01. The molecule has 2 aromatic rings. The number of hydrogen-bond donors (Lipinski definition) is 0. The summed E-state index contributed by atoms with van der Waals surface area (Å²) in [4.78, 5) is 30.7. The molecule has 0 unspecified atom stereocenters. The molecule has 0 aliphatic heterocycles. The molecule has 0 bridgehead atoms. The quantitative estimate of drug-likeness (QED) is 0.469. The second kappa shape index (κ2) is 4.17. The molecule has 0 spiro atoms. The fraction of sp³-hybridized carbons (Fsp3) is 0. The summed E-state index contributed by atoms with van der Waals surface area (Å²) in [6.45, 7) is 0. The van der Waals surface area contributed by atoms with Crippen molar-refractivity contribution >= 4 is 27.8 Å². The van der Waals surface area contributed by atoms with Gasteiger partial charge in [0.15, 0.2) is 0 Å². The molecule has 2 rings (SSSR count). The summed E-state index contributed by atoms with van der Waals surface area (Å²) < 4.78 is 0. The first kappa shape index (κ1) is 11.6. The maximum absolute atomic E-state index is 10.9. The van der Waals surface area contributed by atoms with Crippen molar-refractivity contribution in [3.63, 3.8) is 0 Å². The van der Waals surface area contributed by atoms with Gasteiger partial charge in [-0.05, 0) is 16.6 Å². The first-order valence-electron chi connectivity index (χ1n) is 4.73. The van der Waals surface area contributed by atoms with Crippen molar-refractivity contribution in [2.75, 3.05) is 0 Å². The highest BCUT2D eigenvalue weighted by Gasteiger charge is 2.21. The minimum atomic E-state index is -0.774. The molecule has 18 heavy (non-hydrogen) atoms. The first-order valence-corrected chi connectivity index (χ1v) is 4.73. The van der Waals surface area contributed by atoms with Gasteiger partial charge in [-0.15, -0.1) is 4.91 Å². The van der Waals surface area contributed by atoms with E-state index in [4.69, 9.17) is 0 Å². The van der Waals surface area contributed by atoms with Crippen molar-refractivity contribution < 1.29 is 9.85 Å². The first-order chi connectivity index (χ1) is 8.54. The standard InChI is InChI=1S/C10H5N3O5/c14-11-8-3-1-2-6-4-7(12(15)16)5-9(10(6)8)13(17)18/h1-5H. The number of nitro groups is 2. The van der Waals surface area contributed by atoms with Crippen molar-refractivity contribution in [1.29, 1.82) is 0 Å². The van der Waals surface area contributed by atoms with Gasteiger partial charge in [-0.3, -0.25) is 20.2 Å². The maximum Gasteiger partial charge on any atom is 0.286 e. The van der Waals surface area contributed by atoms with E-state index in [1.54, 1.807) is 0 Å². The topological polar surface area (TPSA) is 116 Å². The van der Waals surface area contributed by atoms with Gasteiger partial charge in [-0.25, -0.2) is 0 Å². The predicted molar refractivity (Wildman–Crippen MR) is 62.7 cm³/mol. The Morgan fingerprint density at radius 2 is 1.78 bits per heavy atom. The lowest BCUT2D eigenvalue weighted by Gasteiger charge is -2.01. The number of rotatable bonds is 3. The lowest BCUT2D eigenvalue weighted by Crippen LogP contribution is -1.94. The minimum absolute atomic E-state index is 0.00287.